The fourth-order valence-corrected chi connectivity index (χ4v) is 5.46. The number of benzene rings is 1. The van der Waals surface area contributed by atoms with Crippen molar-refractivity contribution in [2.24, 2.45) is 0 Å². The van der Waals surface area contributed by atoms with E-state index in [1.165, 1.54) is 4.31 Å². The summed E-state index contributed by atoms with van der Waals surface area (Å²) in [4.78, 5) is 21.1. The molecule has 2 aliphatic heterocycles. The van der Waals surface area contributed by atoms with Crippen LogP contribution in [0.5, 0.6) is 0 Å². The van der Waals surface area contributed by atoms with Gasteiger partial charge in [-0.1, -0.05) is 0 Å². The highest BCUT2D eigenvalue weighted by Gasteiger charge is 2.29. The molecule has 1 aromatic heterocycles. The van der Waals surface area contributed by atoms with Crippen LogP contribution in [0.3, 0.4) is 0 Å². The van der Waals surface area contributed by atoms with Crippen LogP contribution in [0.15, 0.2) is 36.5 Å². The van der Waals surface area contributed by atoms with Crippen molar-refractivity contribution in [3.63, 3.8) is 0 Å². The minimum Gasteiger partial charge on any atom is -0.352 e. The first kappa shape index (κ1) is 20.2. The Morgan fingerprint density at radius 3 is 2.40 bits per heavy atom. The van der Waals surface area contributed by atoms with E-state index in [9.17, 15) is 18.5 Å². The largest absolute Gasteiger partial charge is 0.352 e. The second kappa shape index (κ2) is 7.95. The summed E-state index contributed by atoms with van der Waals surface area (Å²) in [6.07, 6.45) is 2.37. The number of nitriles is 1. The molecule has 2 aromatic rings. The molecule has 2 saturated heterocycles. The summed E-state index contributed by atoms with van der Waals surface area (Å²) in [6, 6.07) is 10.8. The normalized spacial score (nSPS) is 18.3. The molecule has 2 fully saturated rings. The van der Waals surface area contributed by atoms with Gasteiger partial charge in [0, 0.05) is 44.5 Å². The molecule has 4 rings (SSSR count). The quantitative estimate of drug-likeness (QED) is 0.743. The maximum Gasteiger partial charge on any atom is 0.253 e. The van der Waals surface area contributed by atoms with Crippen molar-refractivity contribution in [3.8, 4) is 6.07 Å². The minimum absolute atomic E-state index is 0.0807. The molecule has 0 spiro atoms. The molecule has 1 amide bonds. The van der Waals surface area contributed by atoms with Crippen LogP contribution in [-0.2, 0) is 10.0 Å². The Morgan fingerprint density at radius 1 is 1.10 bits per heavy atom. The lowest BCUT2D eigenvalue weighted by Gasteiger charge is -2.35. The Balaban J connectivity index is 1.42. The smallest absolute Gasteiger partial charge is 0.253 e. The van der Waals surface area contributed by atoms with Gasteiger partial charge in [-0.3, -0.25) is 9.10 Å². The number of carbonyl (C=O) groups excluding carboxylic acids is 1. The van der Waals surface area contributed by atoms with Crippen molar-refractivity contribution in [3.05, 3.63) is 53.2 Å². The van der Waals surface area contributed by atoms with E-state index >= 15 is 0 Å². The number of carbonyl (C=O) groups is 1. The van der Waals surface area contributed by atoms with E-state index in [0.717, 1.165) is 5.56 Å². The standard InChI is InChI=1S/C21H23N5O3S/c1-16-13-18(14-22)20(23-15-16)24-8-10-25(11-9-24)21(27)17-3-5-19(6-4-17)26-7-2-12-30(26,28)29/h3-6,13,15H,2,7-12H2,1H3. The van der Waals surface area contributed by atoms with Gasteiger partial charge in [0.15, 0.2) is 0 Å². The highest BCUT2D eigenvalue weighted by Crippen LogP contribution is 2.25. The number of hydrogen-bond acceptors (Lipinski definition) is 6. The lowest BCUT2D eigenvalue weighted by atomic mass is 10.1. The average molecular weight is 426 g/mol. The first-order valence-electron chi connectivity index (χ1n) is 9.90. The lowest BCUT2D eigenvalue weighted by Crippen LogP contribution is -2.49. The highest BCUT2D eigenvalue weighted by atomic mass is 32.2. The summed E-state index contributed by atoms with van der Waals surface area (Å²) in [7, 11) is -3.23. The first-order valence-corrected chi connectivity index (χ1v) is 11.5. The van der Waals surface area contributed by atoms with Gasteiger partial charge in [0.2, 0.25) is 10.0 Å². The van der Waals surface area contributed by atoms with Crippen LogP contribution in [0.2, 0.25) is 0 Å². The Kier molecular flexibility index (Phi) is 5.35. The molecule has 0 unspecified atom stereocenters. The van der Waals surface area contributed by atoms with E-state index in [1.807, 2.05) is 17.9 Å². The van der Waals surface area contributed by atoms with E-state index in [4.69, 9.17) is 0 Å². The van der Waals surface area contributed by atoms with Gasteiger partial charge in [0.1, 0.15) is 11.9 Å². The molecule has 0 N–H and O–H groups in total. The van der Waals surface area contributed by atoms with Crippen molar-refractivity contribution < 1.29 is 13.2 Å². The van der Waals surface area contributed by atoms with Gasteiger partial charge in [-0.25, -0.2) is 13.4 Å². The van der Waals surface area contributed by atoms with E-state index in [0.29, 0.717) is 61.8 Å². The summed E-state index contributed by atoms with van der Waals surface area (Å²) in [5.41, 5.74) is 2.62. The summed E-state index contributed by atoms with van der Waals surface area (Å²) in [5.74, 6) is 0.746. The van der Waals surface area contributed by atoms with Gasteiger partial charge >= 0.3 is 0 Å². The molecular weight excluding hydrogens is 402 g/mol. The summed E-state index contributed by atoms with van der Waals surface area (Å²) < 4.78 is 25.5. The van der Waals surface area contributed by atoms with E-state index in [1.54, 1.807) is 35.4 Å². The topological polar surface area (TPSA) is 97.6 Å². The number of nitrogens with zero attached hydrogens (tertiary/aromatic N) is 5. The van der Waals surface area contributed by atoms with Gasteiger partial charge in [0.25, 0.3) is 5.91 Å². The molecular formula is C21H23N5O3S. The van der Waals surface area contributed by atoms with E-state index < -0.39 is 10.0 Å². The second-order valence-electron chi connectivity index (χ2n) is 7.56. The monoisotopic (exact) mass is 425 g/mol. The number of pyridine rings is 1. The van der Waals surface area contributed by atoms with Crippen LogP contribution in [0, 0.1) is 18.3 Å². The van der Waals surface area contributed by atoms with Crippen molar-refractivity contribution in [2.45, 2.75) is 13.3 Å². The fraction of sp³-hybridized carbons (Fsp3) is 0.381. The van der Waals surface area contributed by atoms with Crippen LogP contribution < -0.4 is 9.21 Å². The zero-order chi connectivity index (χ0) is 21.3. The Labute approximate surface area is 176 Å². The number of rotatable bonds is 3. The summed E-state index contributed by atoms with van der Waals surface area (Å²) in [5, 5.41) is 9.37. The van der Waals surface area contributed by atoms with Crippen LogP contribution in [0.4, 0.5) is 11.5 Å². The second-order valence-corrected chi connectivity index (χ2v) is 9.58. The van der Waals surface area contributed by atoms with Crippen molar-refractivity contribution in [2.75, 3.05) is 47.7 Å². The van der Waals surface area contributed by atoms with Crippen molar-refractivity contribution >= 4 is 27.4 Å². The van der Waals surface area contributed by atoms with Gasteiger partial charge < -0.3 is 9.80 Å². The predicted octanol–water partition coefficient (Wildman–Crippen LogP) is 1.76. The zero-order valence-electron chi connectivity index (χ0n) is 16.8. The molecule has 0 aliphatic carbocycles. The molecule has 156 valence electrons. The number of aromatic nitrogens is 1. The van der Waals surface area contributed by atoms with E-state index in [2.05, 4.69) is 11.1 Å². The molecule has 3 heterocycles. The fourth-order valence-electron chi connectivity index (χ4n) is 3.90. The molecule has 0 saturated carbocycles. The summed E-state index contributed by atoms with van der Waals surface area (Å²) in [6.45, 7) is 4.64. The number of amides is 1. The maximum absolute atomic E-state index is 12.9. The third-order valence-corrected chi connectivity index (χ3v) is 7.36. The third-order valence-electron chi connectivity index (χ3n) is 5.49. The van der Waals surface area contributed by atoms with Gasteiger partial charge in [-0.15, -0.1) is 0 Å². The Bertz CT molecular complexity index is 1100. The first-order chi connectivity index (χ1) is 14.4. The SMILES string of the molecule is Cc1cnc(N2CCN(C(=O)c3ccc(N4CCCS4(=O)=O)cc3)CC2)c(C#N)c1. The zero-order valence-corrected chi connectivity index (χ0v) is 17.6. The molecule has 0 atom stereocenters. The molecule has 0 bridgehead atoms. The van der Waals surface area contributed by atoms with E-state index in [-0.39, 0.29) is 11.7 Å². The van der Waals surface area contributed by atoms with Crippen LogP contribution in [-0.4, -0.2) is 62.7 Å². The number of sulfonamides is 1. The van der Waals surface area contributed by atoms with Crippen molar-refractivity contribution in [1.29, 1.82) is 5.26 Å². The van der Waals surface area contributed by atoms with Crippen LogP contribution in [0.25, 0.3) is 0 Å². The minimum atomic E-state index is -3.23. The number of piperazine rings is 1. The molecule has 30 heavy (non-hydrogen) atoms. The molecule has 9 heteroatoms. The third kappa shape index (κ3) is 3.83. The van der Waals surface area contributed by atoms with Crippen LogP contribution >= 0.6 is 0 Å². The lowest BCUT2D eigenvalue weighted by molar-refractivity contribution is 0.0746. The number of hydrogen-bond donors (Lipinski definition) is 0. The Morgan fingerprint density at radius 2 is 1.80 bits per heavy atom. The number of anilines is 2. The van der Waals surface area contributed by atoms with Gasteiger partial charge in [-0.05, 0) is 49.2 Å². The predicted molar refractivity (Wildman–Crippen MR) is 114 cm³/mol. The molecule has 0 radical (unpaired) electrons. The molecule has 1 aromatic carbocycles. The molecule has 2 aliphatic rings. The number of aryl methyl sites for hydroxylation is 1. The van der Waals surface area contributed by atoms with Gasteiger partial charge in [-0.2, -0.15) is 5.26 Å². The van der Waals surface area contributed by atoms with Crippen LogP contribution in [0.1, 0.15) is 27.9 Å². The maximum atomic E-state index is 12.9. The average Bonchev–Trinajstić information content (AvgIpc) is 3.12. The summed E-state index contributed by atoms with van der Waals surface area (Å²) >= 11 is 0. The highest BCUT2D eigenvalue weighted by molar-refractivity contribution is 7.93. The van der Waals surface area contributed by atoms with Gasteiger partial charge in [0.05, 0.1) is 17.0 Å². The van der Waals surface area contributed by atoms with Crippen molar-refractivity contribution in [1.82, 2.24) is 9.88 Å². The molecule has 8 nitrogen and oxygen atoms in total. The Hall–Kier alpha value is -3.12.